The van der Waals surface area contributed by atoms with Crippen molar-refractivity contribution in [3.8, 4) is 5.75 Å². The molecule has 0 aromatic heterocycles. The number of nitrogens with one attached hydrogen (secondary N) is 1. The van der Waals surface area contributed by atoms with Gasteiger partial charge in [0.1, 0.15) is 5.75 Å². The van der Waals surface area contributed by atoms with E-state index in [-0.39, 0.29) is 6.03 Å². The van der Waals surface area contributed by atoms with Crippen LogP contribution >= 0.6 is 0 Å². The molecule has 2 saturated carbocycles. The zero-order chi connectivity index (χ0) is 16.2. The lowest BCUT2D eigenvalue weighted by Gasteiger charge is -2.21. The highest BCUT2D eigenvalue weighted by molar-refractivity contribution is 5.89. The number of rotatable bonds is 6. The van der Waals surface area contributed by atoms with Crippen LogP contribution in [0.15, 0.2) is 24.3 Å². The topological polar surface area (TPSA) is 61.8 Å². The molecule has 126 valence electrons. The number of carbonyl (C=O) groups excluding carboxylic acids is 1. The minimum absolute atomic E-state index is 0.200. The third-order valence-electron chi connectivity index (χ3n) is 4.68. The molecule has 1 unspecified atom stereocenters. The van der Waals surface area contributed by atoms with Gasteiger partial charge in [0.05, 0.1) is 12.2 Å². The Morgan fingerprint density at radius 1 is 1.26 bits per heavy atom. The van der Waals surface area contributed by atoms with Crippen LogP contribution in [0.5, 0.6) is 5.75 Å². The zero-order valence-electron chi connectivity index (χ0n) is 13.7. The molecule has 2 fully saturated rings. The molecular weight excluding hydrogens is 292 g/mol. The number of hydrogen-bond donors (Lipinski definition) is 2. The fourth-order valence-electron chi connectivity index (χ4n) is 3.03. The highest BCUT2D eigenvalue weighted by Crippen LogP contribution is 2.32. The Morgan fingerprint density at radius 2 is 1.91 bits per heavy atom. The SMILES string of the molecule is CN(CC(O)C1CC1)C(=O)Nc1ccc(OC2CCCC2)cc1. The Morgan fingerprint density at radius 3 is 2.52 bits per heavy atom. The first-order valence-electron chi connectivity index (χ1n) is 8.59. The number of amides is 2. The second-order valence-corrected chi connectivity index (χ2v) is 6.76. The van der Waals surface area contributed by atoms with E-state index in [1.165, 1.54) is 17.7 Å². The summed E-state index contributed by atoms with van der Waals surface area (Å²) in [5.41, 5.74) is 0.738. The average molecular weight is 318 g/mol. The third-order valence-corrected chi connectivity index (χ3v) is 4.68. The number of hydrogen-bond acceptors (Lipinski definition) is 3. The molecule has 0 spiro atoms. The van der Waals surface area contributed by atoms with E-state index in [0.717, 1.165) is 37.1 Å². The molecule has 2 amide bonds. The molecule has 0 saturated heterocycles. The highest BCUT2D eigenvalue weighted by atomic mass is 16.5. The van der Waals surface area contributed by atoms with Gasteiger partial charge in [-0.1, -0.05) is 0 Å². The van der Waals surface area contributed by atoms with Crippen LogP contribution in [-0.4, -0.2) is 41.8 Å². The van der Waals surface area contributed by atoms with Crippen molar-refractivity contribution in [3.63, 3.8) is 0 Å². The number of benzene rings is 1. The first-order chi connectivity index (χ1) is 11.1. The maximum absolute atomic E-state index is 12.1. The van der Waals surface area contributed by atoms with Gasteiger partial charge in [-0.3, -0.25) is 0 Å². The lowest BCUT2D eigenvalue weighted by atomic mass is 10.2. The standard InChI is InChI=1S/C18H26N2O3/c1-20(12-17(21)13-6-7-13)18(22)19-14-8-10-16(11-9-14)23-15-4-2-3-5-15/h8-11,13,15,17,21H,2-7,12H2,1H3,(H,19,22). The summed E-state index contributed by atoms with van der Waals surface area (Å²) in [6, 6.07) is 7.30. The molecular formula is C18H26N2O3. The van der Waals surface area contributed by atoms with E-state index < -0.39 is 6.10 Å². The van der Waals surface area contributed by atoms with E-state index in [0.29, 0.717) is 18.6 Å². The molecule has 23 heavy (non-hydrogen) atoms. The van der Waals surface area contributed by atoms with Crippen LogP contribution < -0.4 is 10.1 Å². The monoisotopic (exact) mass is 318 g/mol. The Balaban J connectivity index is 1.47. The van der Waals surface area contributed by atoms with E-state index >= 15 is 0 Å². The van der Waals surface area contributed by atoms with E-state index in [4.69, 9.17) is 4.74 Å². The lowest BCUT2D eigenvalue weighted by Crippen LogP contribution is -2.37. The van der Waals surface area contributed by atoms with E-state index in [2.05, 4.69) is 5.32 Å². The van der Waals surface area contributed by atoms with Gasteiger partial charge >= 0.3 is 6.03 Å². The summed E-state index contributed by atoms with van der Waals surface area (Å²) < 4.78 is 5.91. The molecule has 5 nitrogen and oxygen atoms in total. The summed E-state index contributed by atoms with van der Waals surface area (Å²) in [7, 11) is 1.71. The maximum atomic E-state index is 12.1. The van der Waals surface area contributed by atoms with Crippen molar-refractivity contribution in [2.75, 3.05) is 18.9 Å². The van der Waals surface area contributed by atoms with Crippen molar-refractivity contribution >= 4 is 11.7 Å². The first kappa shape index (κ1) is 16.1. The molecule has 1 aromatic carbocycles. The summed E-state index contributed by atoms with van der Waals surface area (Å²) in [6.45, 7) is 0.374. The normalized spacial score (nSPS) is 19.4. The molecule has 5 heteroatoms. The molecule has 1 aromatic rings. The number of urea groups is 1. The Labute approximate surface area is 137 Å². The second-order valence-electron chi connectivity index (χ2n) is 6.76. The number of carbonyl (C=O) groups is 1. The number of aliphatic hydroxyl groups excluding tert-OH is 1. The Hall–Kier alpha value is -1.75. The molecule has 0 bridgehead atoms. The smallest absolute Gasteiger partial charge is 0.321 e. The molecule has 2 aliphatic carbocycles. The van der Waals surface area contributed by atoms with Crippen molar-refractivity contribution in [3.05, 3.63) is 24.3 Å². The van der Waals surface area contributed by atoms with Gasteiger partial charge in [-0.15, -0.1) is 0 Å². The Bertz CT molecular complexity index is 522. The third kappa shape index (κ3) is 4.61. The average Bonchev–Trinajstić information content (AvgIpc) is 3.28. The van der Waals surface area contributed by atoms with Crippen molar-refractivity contribution < 1.29 is 14.6 Å². The van der Waals surface area contributed by atoms with Crippen LogP contribution in [0.1, 0.15) is 38.5 Å². The van der Waals surface area contributed by atoms with Gasteiger partial charge in [0, 0.05) is 19.3 Å². The van der Waals surface area contributed by atoms with Crippen molar-refractivity contribution in [2.24, 2.45) is 5.92 Å². The quantitative estimate of drug-likeness (QED) is 0.846. The largest absolute Gasteiger partial charge is 0.490 e. The summed E-state index contributed by atoms with van der Waals surface area (Å²) in [5, 5.41) is 12.8. The van der Waals surface area contributed by atoms with Crippen LogP contribution in [0.25, 0.3) is 0 Å². The minimum atomic E-state index is -0.409. The van der Waals surface area contributed by atoms with Gasteiger partial charge < -0.3 is 20.1 Å². The zero-order valence-corrected chi connectivity index (χ0v) is 13.7. The fourth-order valence-corrected chi connectivity index (χ4v) is 3.03. The molecule has 2 N–H and O–H groups in total. The van der Waals surface area contributed by atoms with Crippen LogP contribution in [-0.2, 0) is 0 Å². The van der Waals surface area contributed by atoms with Gasteiger partial charge in [0.2, 0.25) is 0 Å². The van der Waals surface area contributed by atoms with Gasteiger partial charge in [-0.25, -0.2) is 4.79 Å². The van der Waals surface area contributed by atoms with Crippen molar-refractivity contribution in [1.29, 1.82) is 0 Å². The fraction of sp³-hybridized carbons (Fsp3) is 0.611. The minimum Gasteiger partial charge on any atom is -0.490 e. The van der Waals surface area contributed by atoms with Crippen molar-refractivity contribution in [2.45, 2.75) is 50.7 Å². The number of anilines is 1. The summed E-state index contributed by atoms with van der Waals surface area (Å²) >= 11 is 0. The van der Waals surface area contributed by atoms with Crippen LogP contribution in [0.3, 0.4) is 0 Å². The summed E-state index contributed by atoms with van der Waals surface area (Å²) in [6.07, 6.45) is 6.82. The van der Waals surface area contributed by atoms with E-state index in [9.17, 15) is 9.90 Å². The number of aliphatic hydroxyl groups is 1. The molecule has 1 atom stereocenters. The molecule has 3 rings (SSSR count). The van der Waals surface area contributed by atoms with Crippen LogP contribution in [0.2, 0.25) is 0 Å². The van der Waals surface area contributed by atoms with Crippen molar-refractivity contribution in [1.82, 2.24) is 4.90 Å². The summed E-state index contributed by atoms with van der Waals surface area (Å²) in [4.78, 5) is 13.7. The molecule has 0 aliphatic heterocycles. The predicted molar refractivity (Wildman–Crippen MR) is 89.7 cm³/mol. The van der Waals surface area contributed by atoms with E-state index in [1.807, 2.05) is 24.3 Å². The lowest BCUT2D eigenvalue weighted by molar-refractivity contribution is 0.117. The maximum Gasteiger partial charge on any atom is 0.321 e. The number of nitrogens with zero attached hydrogens (tertiary/aromatic N) is 1. The number of ether oxygens (including phenoxy) is 1. The highest BCUT2D eigenvalue weighted by Gasteiger charge is 2.31. The van der Waals surface area contributed by atoms with Gasteiger partial charge in [-0.2, -0.15) is 0 Å². The molecule has 0 heterocycles. The second kappa shape index (κ2) is 7.21. The van der Waals surface area contributed by atoms with Gasteiger partial charge in [-0.05, 0) is 68.7 Å². The number of likely N-dealkylation sites (N-methyl/N-ethyl adjacent to an activating group) is 1. The van der Waals surface area contributed by atoms with Crippen LogP contribution in [0.4, 0.5) is 10.5 Å². The molecule has 0 radical (unpaired) electrons. The van der Waals surface area contributed by atoms with Gasteiger partial charge in [0.25, 0.3) is 0 Å². The first-order valence-corrected chi connectivity index (χ1v) is 8.59. The van der Waals surface area contributed by atoms with Crippen LogP contribution in [0, 0.1) is 5.92 Å². The molecule has 2 aliphatic rings. The predicted octanol–water partition coefficient (Wildman–Crippen LogP) is 3.24. The summed E-state index contributed by atoms with van der Waals surface area (Å²) in [5.74, 6) is 1.23. The van der Waals surface area contributed by atoms with Gasteiger partial charge in [0.15, 0.2) is 0 Å². The van der Waals surface area contributed by atoms with E-state index in [1.54, 1.807) is 7.05 Å². The Kier molecular flexibility index (Phi) is 5.06.